The van der Waals surface area contributed by atoms with Gasteiger partial charge in [0, 0.05) is 5.56 Å². The van der Waals surface area contributed by atoms with Crippen LogP contribution in [0.2, 0.25) is 0 Å². The number of phenolic OH excluding ortho intramolecular Hbond substituents is 1. The molecule has 178 valence electrons. The number of rotatable bonds is 9. The molecule has 3 aromatic carbocycles. The zero-order valence-corrected chi connectivity index (χ0v) is 19.7. The summed E-state index contributed by atoms with van der Waals surface area (Å²) in [4.78, 5) is 12.8. The number of hydrogen-bond donors (Lipinski definition) is 2. The Kier molecular flexibility index (Phi) is 7.75. The van der Waals surface area contributed by atoms with E-state index in [0.717, 1.165) is 9.87 Å². The van der Waals surface area contributed by atoms with Gasteiger partial charge in [0.25, 0.3) is 15.9 Å². The normalized spacial score (nSPS) is 11.3. The van der Waals surface area contributed by atoms with E-state index in [1.54, 1.807) is 61.5 Å². The van der Waals surface area contributed by atoms with Gasteiger partial charge in [-0.15, -0.1) is 0 Å². The number of sulfonamides is 1. The number of para-hydroxylation sites is 1. The molecule has 0 aliphatic carbocycles. The molecule has 0 radical (unpaired) electrons. The average Bonchev–Trinajstić information content (AvgIpc) is 2.84. The smallest absolute Gasteiger partial charge is 0.264 e. The zero-order valence-electron chi connectivity index (χ0n) is 18.9. The topological polar surface area (TPSA) is 118 Å². The molecule has 0 spiro atoms. The Balaban J connectivity index is 1.91. The molecular formula is C24H25N3O6S. The third kappa shape index (κ3) is 5.46. The Labute approximate surface area is 198 Å². The molecule has 0 aliphatic rings. The van der Waals surface area contributed by atoms with E-state index in [0.29, 0.717) is 11.3 Å². The van der Waals surface area contributed by atoms with E-state index in [4.69, 9.17) is 9.47 Å². The standard InChI is InChI=1S/C24H25N3O6S/c1-17-12-13-21(32-2)20(14-17)27(34(30,31)19-9-5-4-6-10-19)16-23(28)26-25-15-18-8-7-11-22(33-3)24(18)29/h4-15,29H,16H2,1-3H3,(H,26,28)/b25-15-. The minimum atomic E-state index is -4.11. The third-order valence-corrected chi connectivity index (χ3v) is 6.64. The minimum absolute atomic E-state index is 0.0242. The molecule has 2 N–H and O–H groups in total. The molecule has 0 fully saturated rings. The third-order valence-electron chi connectivity index (χ3n) is 4.86. The molecule has 9 nitrogen and oxygen atoms in total. The fourth-order valence-corrected chi connectivity index (χ4v) is 4.61. The van der Waals surface area contributed by atoms with Crippen LogP contribution in [0.1, 0.15) is 11.1 Å². The number of amides is 1. The molecule has 0 atom stereocenters. The van der Waals surface area contributed by atoms with Crippen molar-refractivity contribution in [2.45, 2.75) is 11.8 Å². The van der Waals surface area contributed by atoms with Crippen LogP contribution >= 0.6 is 0 Å². The van der Waals surface area contributed by atoms with E-state index >= 15 is 0 Å². The number of carbonyl (C=O) groups is 1. The number of hydrazone groups is 1. The van der Waals surface area contributed by atoms with E-state index in [-0.39, 0.29) is 22.1 Å². The molecule has 1 amide bonds. The first-order chi connectivity index (χ1) is 16.3. The maximum Gasteiger partial charge on any atom is 0.264 e. The second kappa shape index (κ2) is 10.7. The van der Waals surface area contributed by atoms with Crippen molar-refractivity contribution < 1.29 is 27.8 Å². The fraction of sp³-hybridized carbons (Fsp3) is 0.167. The average molecular weight is 484 g/mol. The van der Waals surface area contributed by atoms with Crippen LogP contribution in [0.25, 0.3) is 0 Å². The van der Waals surface area contributed by atoms with Gasteiger partial charge in [0.1, 0.15) is 12.3 Å². The van der Waals surface area contributed by atoms with Crippen LogP contribution < -0.4 is 19.2 Å². The zero-order chi connectivity index (χ0) is 24.7. The van der Waals surface area contributed by atoms with Crippen LogP contribution in [-0.4, -0.2) is 46.4 Å². The van der Waals surface area contributed by atoms with Crippen LogP contribution in [-0.2, 0) is 14.8 Å². The van der Waals surface area contributed by atoms with Gasteiger partial charge in [0.15, 0.2) is 11.5 Å². The van der Waals surface area contributed by atoms with E-state index in [1.807, 2.05) is 0 Å². The minimum Gasteiger partial charge on any atom is -0.504 e. The van der Waals surface area contributed by atoms with Crippen LogP contribution in [0.5, 0.6) is 17.2 Å². The van der Waals surface area contributed by atoms with Crippen LogP contribution in [0.3, 0.4) is 0 Å². The summed E-state index contributed by atoms with van der Waals surface area (Å²) >= 11 is 0. The quantitative estimate of drug-likeness (QED) is 0.357. The van der Waals surface area contributed by atoms with Crippen molar-refractivity contribution in [3.05, 3.63) is 77.9 Å². The Morgan fingerprint density at radius 1 is 1.03 bits per heavy atom. The number of aryl methyl sites for hydroxylation is 1. The maximum atomic E-state index is 13.5. The second-order valence-electron chi connectivity index (χ2n) is 7.19. The number of nitrogens with zero attached hydrogens (tertiary/aromatic N) is 2. The number of nitrogens with one attached hydrogen (secondary N) is 1. The molecule has 0 heterocycles. The molecule has 34 heavy (non-hydrogen) atoms. The number of anilines is 1. The van der Waals surface area contributed by atoms with Crippen LogP contribution in [0.4, 0.5) is 5.69 Å². The first-order valence-electron chi connectivity index (χ1n) is 10.2. The number of hydrogen-bond acceptors (Lipinski definition) is 7. The Morgan fingerprint density at radius 2 is 1.74 bits per heavy atom. The lowest BCUT2D eigenvalue weighted by Crippen LogP contribution is -2.39. The summed E-state index contributed by atoms with van der Waals surface area (Å²) in [5.74, 6) is -0.285. The van der Waals surface area contributed by atoms with Crippen LogP contribution in [0, 0.1) is 6.92 Å². The van der Waals surface area contributed by atoms with Crippen molar-refractivity contribution in [1.82, 2.24) is 5.43 Å². The molecule has 10 heteroatoms. The molecule has 0 saturated heterocycles. The van der Waals surface area contributed by atoms with Gasteiger partial charge in [0.05, 0.1) is 31.0 Å². The SMILES string of the molecule is COc1ccc(C)cc1N(CC(=O)N/N=C\c1cccc(OC)c1O)S(=O)(=O)c1ccccc1. The summed E-state index contributed by atoms with van der Waals surface area (Å²) in [6, 6.07) is 17.7. The predicted octanol–water partition coefficient (Wildman–Crippen LogP) is 3.06. The number of carbonyl (C=O) groups excluding carboxylic acids is 1. The highest BCUT2D eigenvalue weighted by Crippen LogP contribution is 2.33. The largest absolute Gasteiger partial charge is 0.504 e. The van der Waals surface area contributed by atoms with Crippen molar-refractivity contribution in [3.63, 3.8) is 0 Å². The molecule has 0 aromatic heterocycles. The van der Waals surface area contributed by atoms with Gasteiger partial charge >= 0.3 is 0 Å². The molecule has 0 unspecified atom stereocenters. The lowest BCUT2D eigenvalue weighted by atomic mass is 10.2. The van der Waals surface area contributed by atoms with Gasteiger partial charge < -0.3 is 14.6 Å². The number of ether oxygens (including phenoxy) is 2. The Bertz CT molecular complexity index is 1290. The maximum absolute atomic E-state index is 13.5. The Morgan fingerprint density at radius 3 is 2.41 bits per heavy atom. The number of methoxy groups -OCH3 is 2. The molecule has 3 rings (SSSR count). The highest BCUT2D eigenvalue weighted by Gasteiger charge is 2.29. The van der Waals surface area contributed by atoms with Gasteiger partial charge in [-0.05, 0) is 48.9 Å². The lowest BCUT2D eigenvalue weighted by molar-refractivity contribution is -0.119. The summed E-state index contributed by atoms with van der Waals surface area (Å²) in [5.41, 5.74) is 3.62. The number of benzene rings is 3. The van der Waals surface area contributed by atoms with Gasteiger partial charge in [-0.2, -0.15) is 5.10 Å². The van der Waals surface area contributed by atoms with Gasteiger partial charge in [-0.1, -0.05) is 30.3 Å². The first-order valence-corrected chi connectivity index (χ1v) is 11.6. The number of aromatic hydroxyl groups is 1. The highest BCUT2D eigenvalue weighted by atomic mass is 32.2. The van der Waals surface area contributed by atoms with Crippen molar-refractivity contribution in [2.24, 2.45) is 5.10 Å². The summed E-state index contributed by atoms with van der Waals surface area (Å²) in [7, 11) is -1.27. The summed E-state index contributed by atoms with van der Waals surface area (Å²) in [6.07, 6.45) is 1.24. The monoisotopic (exact) mass is 483 g/mol. The summed E-state index contributed by atoms with van der Waals surface area (Å²) in [5, 5.41) is 14.0. The van der Waals surface area contributed by atoms with E-state index in [9.17, 15) is 18.3 Å². The van der Waals surface area contributed by atoms with Gasteiger partial charge in [-0.3, -0.25) is 9.10 Å². The van der Waals surface area contributed by atoms with Crippen molar-refractivity contribution >= 4 is 27.8 Å². The van der Waals surface area contributed by atoms with Crippen molar-refractivity contribution in [2.75, 3.05) is 25.1 Å². The van der Waals surface area contributed by atoms with E-state index in [1.165, 1.54) is 32.6 Å². The van der Waals surface area contributed by atoms with E-state index in [2.05, 4.69) is 10.5 Å². The molecule has 0 aliphatic heterocycles. The first kappa shape index (κ1) is 24.6. The van der Waals surface area contributed by atoms with Gasteiger partial charge in [0.2, 0.25) is 0 Å². The molecule has 0 bridgehead atoms. The highest BCUT2D eigenvalue weighted by molar-refractivity contribution is 7.92. The predicted molar refractivity (Wildman–Crippen MR) is 129 cm³/mol. The lowest BCUT2D eigenvalue weighted by Gasteiger charge is -2.25. The van der Waals surface area contributed by atoms with Crippen LogP contribution in [0.15, 0.2) is 76.7 Å². The second-order valence-corrected chi connectivity index (χ2v) is 9.05. The summed E-state index contributed by atoms with van der Waals surface area (Å²) < 4.78 is 38.3. The Hall–Kier alpha value is -4.05. The molecule has 0 saturated carbocycles. The molecular weight excluding hydrogens is 458 g/mol. The number of phenols is 1. The molecule has 3 aromatic rings. The fourth-order valence-electron chi connectivity index (χ4n) is 3.16. The van der Waals surface area contributed by atoms with Crippen molar-refractivity contribution in [3.8, 4) is 17.2 Å². The summed E-state index contributed by atoms with van der Waals surface area (Å²) in [6.45, 7) is 1.25. The van der Waals surface area contributed by atoms with E-state index < -0.39 is 22.5 Å². The van der Waals surface area contributed by atoms with Crippen molar-refractivity contribution in [1.29, 1.82) is 0 Å². The van der Waals surface area contributed by atoms with Gasteiger partial charge in [-0.25, -0.2) is 13.8 Å².